The molecular formula is C15H17N3O2. The Balaban J connectivity index is 1.93. The van der Waals surface area contributed by atoms with Gasteiger partial charge in [0.05, 0.1) is 23.0 Å². The molecule has 0 saturated heterocycles. The van der Waals surface area contributed by atoms with Gasteiger partial charge in [-0.2, -0.15) is 5.10 Å². The van der Waals surface area contributed by atoms with E-state index in [2.05, 4.69) is 17.3 Å². The first kappa shape index (κ1) is 12.7. The van der Waals surface area contributed by atoms with Gasteiger partial charge in [-0.3, -0.25) is 9.48 Å². The number of hydrogen-bond acceptors (Lipinski definition) is 4. The van der Waals surface area contributed by atoms with Gasteiger partial charge in [0.15, 0.2) is 11.5 Å². The van der Waals surface area contributed by atoms with Gasteiger partial charge < -0.3 is 10.1 Å². The van der Waals surface area contributed by atoms with Crippen LogP contribution in [-0.2, 0) is 6.54 Å². The SMILES string of the molecule is CCCn1cc(C(=O)c2cccc3c2OCCN3)cn1. The lowest BCUT2D eigenvalue weighted by Crippen LogP contribution is -2.20. The van der Waals surface area contributed by atoms with Crippen molar-refractivity contribution in [3.63, 3.8) is 0 Å². The molecule has 0 bridgehead atoms. The summed E-state index contributed by atoms with van der Waals surface area (Å²) in [5.74, 6) is 0.597. The third kappa shape index (κ3) is 2.27. The third-order valence-electron chi connectivity index (χ3n) is 3.27. The molecular weight excluding hydrogens is 254 g/mol. The van der Waals surface area contributed by atoms with E-state index in [0.29, 0.717) is 23.5 Å². The number of rotatable bonds is 4. The van der Waals surface area contributed by atoms with Crippen molar-refractivity contribution in [2.24, 2.45) is 0 Å². The molecule has 5 nitrogen and oxygen atoms in total. The van der Waals surface area contributed by atoms with Crippen LogP contribution in [0.3, 0.4) is 0 Å². The van der Waals surface area contributed by atoms with Gasteiger partial charge in [-0.05, 0) is 18.6 Å². The molecule has 5 heteroatoms. The maximum atomic E-state index is 12.6. The predicted molar refractivity (Wildman–Crippen MR) is 76.4 cm³/mol. The summed E-state index contributed by atoms with van der Waals surface area (Å²) in [6.07, 6.45) is 4.40. The molecule has 0 aliphatic carbocycles. The van der Waals surface area contributed by atoms with Crippen LogP contribution in [0.25, 0.3) is 0 Å². The van der Waals surface area contributed by atoms with Crippen LogP contribution in [0, 0.1) is 0 Å². The van der Waals surface area contributed by atoms with Crippen LogP contribution in [0.2, 0.25) is 0 Å². The molecule has 1 aromatic heterocycles. The molecule has 2 heterocycles. The normalized spacial score (nSPS) is 13.2. The zero-order valence-electron chi connectivity index (χ0n) is 11.4. The van der Waals surface area contributed by atoms with E-state index in [4.69, 9.17) is 4.74 Å². The van der Waals surface area contributed by atoms with Crippen molar-refractivity contribution >= 4 is 11.5 Å². The fraction of sp³-hybridized carbons (Fsp3) is 0.333. The fourth-order valence-electron chi connectivity index (χ4n) is 2.34. The van der Waals surface area contributed by atoms with Gasteiger partial charge in [-0.15, -0.1) is 0 Å². The Kier molecular flexibility index (Phi) is 3.41. The van der Waals surface area contributed by atoms with Crippen LogP contribution in [0.5, 0.6) is 5.75 Å². The molecule has 0 saturated carbocycles. The number of carbonyl (C=O) groups excluding carboxylic acids is 1. The first-order valence-corrected chi connectivity index (χ1v) is 6.86. The monoisotopic (exact) mass is 271 g/mol. The van der Waals surface area contributed by atoms with E-state index < -0.39 is 0 Å². The Labute approximate surface area is 117 Å². The maximum Gasteiger partial charge on any atom is 0.199 e. The second-order valence-electron chi connectivity index (χ2n) is 4.78. The van der Waals surface area contributed by atoms with Crippen LogP contribution < -0.4 is 10.1 Å². The van der Waals surface area contributed by atoms with E-state index in [9.17, 15) is 4.79 Å². The van der Waals surface area contributed by atoms with E-state index in [0.717, 1.165) is 25.2 Å². The Morgan fingerprint density at radius 3 is 3.25 bits per heavy atom. The van der Waals surface area contributed by atoms with Crippen molar-refractivity contribution in [1.82, 2.24) is 9.78 Å². The van der Waals surface area contributed by atoms with Gasteiger partial charge in [0.1, 0.15) is 6.61 Å². The number of anilines is 1. The molecule has 0 radical (unpaired) electrons. The Morgan fingerprint density at radius 2 is 2.40 bits per heavy atom. The number of ketones is 1. The third-order valence-corrected chi connectivity index (χ3v) is 3.27. The van der Waals surface area contributed by atoms with E-state index >= 15 is 0 Å². The molecule has 3 rings (SSSR count). The fourth-order valence-corrected chi connectivity index (χ4v) is 2.34. The van der Waals surface area contributed by atoms with Crippen LogP contribution in [-0.4, -0.2) is 28.7 Å². The molecule has 1 N–H and O–H groups in total. The number of nitrogens with one attached hydrogen (secondary N) is 1. The van der Waals surface area contributed by atoms with Crippen LogP contribution in [0.4, 0.5) is 5.69 Å². The van der Waals surface area contributed by atoms with Gasteiger partial charge in [-0.1, -0.05) is 13.0 Å². The summed E-state index contributed by atoms with van der Waals surface area (Å²) in [6.45, 7) is 4.24. The van der Waals surface area contributed by atoms with Crippen LogP contribution in [0.1, 0.15) is 29.3 Å². The minimum absolute atomic E-state index is 0.0482. The molecule has 20 heavy (non-hydrogen) atoms. The van der Waals surface area contributed by atoms with Crippen molar-refractivity contribution in [2.75, 3.05) is 18.5 Å². The molecule has 0 fully saturated rings. The Morgan fingerprint density at radius 1 is 1.50 bits per heavy atom. The topological polar surface area (TPSA) is 56.1 Å². The summed E-state index contributed by atoms with van der Waals surface area (Å²) < 4.78 is 7.43. The quantitative estimate of drug-likeness (QED) is 0.867. The number of nitrogens with zero attached hydrogens (tertiary/aromatic N) is 2. The largest absolute Gasteiger partial charge is 0.489 e. The second kappa shape index (κ2) is 5.36. The van der Waals surface area contributed by atoms with Gasteiger partial charge in [0, 0.05) is 19.3 Å². The zero-order chi connectivity index (χ0) is 13.9. The van der Waals surface area contributed by atoms with Crippen LogP contribution >= 0.6 is 0 Å². The first-order chi connectivity index (χ1) is 9.79. The predicted octanol–water partition coefficient (Wildman–Crippen LogP) is 2.33. The van der Waals surface area contributed by atoms with Crippen molar-refractivity contribution < 1.29 is 9.53 Å². The van der Waals surface area contributed by atoms with Crippen molar-refractivity contribution in [1.29, 1.82) is 0 Å². The summed E-state index contributed by atoms with van der Waals surface area (Å²) in [5, 5.41) is 7.44. The average molecular weight is 271 g/mol. The minimum Gasteiger partial charge on any atom is -0.489 e. The molecule has 1 aliphatic rings. The second-order valence-corrected chi connectivity index (χ2v) is 4.78. The van der Waals surface area contributed by atoms with Gasteiger partial charge in [-0.25, -0.2) is 0 Å². The number of benzene rings is 1. The minimum atomic E-state index is -0.0482. The van der Waals surface area contributed by atoms with Crippen molar-refractivity contribution in [3.05, 3.63) is 41.7 Å². The Hall–Kier alpha value is -2.30. The van der Waals surface area contributed by atoms with Gasteiger partial charge >= 0.3 is 0 Å². The maximum absolute atomic E-state index is 12.6. The highest BCUT2D eigenvalue weighted by Crippen LogP contribution is 2.32. The lowest BCUT2D eigenvalue weighted by Gasteiger charge is -2.21. The number of ether oxygens (including phenoxy) is 1. The summed E-state index contributed by atoms with van der Waals surface area (Å²) in [5.41, 5.74) is 2.06. The molecule has 0 amide bonds. The Bertz CT molecular complexity index is 634. The number of aromatic nitrogens is 2. The smallest absolute Gasteiger partial charge is 0.199 e. The number of hydrogen-bond donors (Lipinski definition) is 1. The lowest BCUT2D eigenvalue weighted by molar-refractivity contribution is 0.103. The highest BCUT2D eigenvalue weighted by atomic mass is 16.5. The van der Waals surface area contributed by atoms with Crippen LogP contribution in [0.15, 0.2) is 30.6 Å². The van der Waals surface area contributed by atoms with Crippen molar-refractivity contribution in [2.45, 2.75) is 19.9 Å². The number of para-hydroxylation sites is 1. The summed E-state index contributed by atoms with van der Waals surface area (Å²) in [4.78, 5) is 12.6. The lowest BCUT2D eigenvalue weighted by atomic mass is 10.0. The molecule has 2 aromatic rings. The van der Waals surface area contributed by atoms with Crippen molar-refractivity contribution in [3.8, 4) is 5.75 Å². The first-order valence-electron chi connectivity index (χ1n) is 6.86. The zero-order valence-corrected chi connectivity index (χ0v) is 11.4. The number of fused-ring (bicyclic) bond motifs is 1. The number of aryl methyl sites for hydroxylation is 1. The van der Waals surface area contributed by atoms with E-state index in [1.165, 1.54) is 0 Å². The summed E-state index contributed by atoms with van der Waals surface area (Å²) in [6, 6.07) is 5.58. The highest BCUT2D eigenvalue weighted by Gasteiger charge is 2.20. The number of carbonyl (C=O) groups is 1. The molecule has 1 aliphatic heterocycles. The molecule has 1 aromatic carbocycles. The van der Waals surface area contributed by atoms with Gasteiger partial charge in [0.25, 0.3) is 0 Å². The standard InChI is InChI=1S/C15H17N3O2/c1-2-7-18-10-11(9-17-18)14(19)12-4-3-5-13-15(12)20-8-6-16-13/h3-5,9-10,16H,2,6-8H2,1H3. The van der Waals surface area contributed by atoms with E-state index in [1.807, 2.05) is 12.1 Å². The molecule has 0 unspecified atom stereocenters. The van der Waals surface area contributed by atoms with Gasteiger partial charge in [0.2, 0.25) is 0 Å². The molecule has 0 atom stereocenters. The van der Waals surface area contributed by atoms with E-state index in [-0.39, 0.29) is 5.78 Å². The van der Waals surface area contributed by atoms with E-state index in [1.54, 1.807) is 23.1 Å². The summed E-state index contributed by atoms with van der Waals surface area (Å²) in [7, 11) is 0. The average Bonchev–Trinajstić information content (AvgIpc) is 2.95. The molecule has 0 spiro atoms. The molecule has 104 valence electrons. The highest BCUT2D eigenvalue weighted by molar-refractivity contribution is 6.11. The summed E-state index contributed by atoms with van der Waals surface area (Å²) >= 11 is 0.